The van der Waals surface area contributed by atoms with Crippen LogP contribution in [-0.4, -0.2) is 95.0 Å². The van der Waals surface area contributed by atoms with Crippen molar-refractivity contribution in [2.75, 3.05) is 39.6 Å². The van der Waals surface area contributed by atoms with Crippen LogP contribution in [-0.2, 0) is 46.3 Å². The van der Waals surface area contributed by atoms with Gasteiger partial charge in [-0.3, -0.25) is 27.7 Å². The molecule has 0 aliphatic heterocycles. The molecule has 0 bridgehead atoms. The molecule has 17 heteroatoms. The number of allylic oxidation sites excluding steroid dienone is 2. The van der Waals surface area contributed by atoms with Crippen LogP contribution in [0, 0.1) is 0 Å². The molecule has 15 nitrogen and oxygen atoms in total. The van der Waals surface area contributed by atoms with Crippen molar-refractivity contribution in [3.05, 3.63) is 12.2 Å². The highest BCUT2D eigenvalue weighted by Crippen LogP contribution is 2.45. The molecule has 0 saturated heterocycles. The van der Waals surface area contributed by atoms with Crippen LogP contribution in [0.15, 0.2) is 12.2 Å². The molecule has 54 heavy (non-hydrogen) atoms. The zero-order valence-electron chi connectivity index (χ0n) is 32.9. The lowest BCUT2D eigenvalue weighted by atomic mass is 10.1. The first-order valence-corrected chi connectivity index (χ1v) is 23.0. The zero-order chi connectivity index (χ0) is 40.3. The van der Waals surface area contributed by atoms with Gasteiger partial charge in [-0.25, -0.2) is 9.13 Å². The molecule has 5 N–H and O–H groups in total. The Labute approximate surface area is 323 Å². The molecule has 5 unspecified atom stereocenters. The molecule has 0 amide bonds. The van der Waals surface area contributed by atoms with Gasteiger partial charge in [0.1, 0.15) is 31.5 Å². The number of ether oxygens (including phenoxy) is 2. The summed E-state index contributed by atoms with van der Waals surface area (Å²) >= 11 is 0. The Kier molecular flexibility index (Phi) is 34.2. The Balaban J connectivity index is 3.96. The lowest BCUT2D eigenvalue weighted by molar-refractivity contribution is -0.148. The van der Waals surface area contributed by atoms with Crippen LogP contribution in [0.3, 0.4) is 0 Å². The van der Waals surface area contributed by atoms with Crippen molar-refractivity contribution in [2.45, 2.75) is 173 Å². The predicted octanol–water partition coefficient (Wildman–Crippen LogP) is 7.60. The van der Waals surface area contributed by atoms with Crippen molar-refractivity contribution in [3.63, 3.8) is 0 Å². The van der Waals surface area contributed by atoms with Crippen LogP contribution < -0.4 is 0 Å². The summed E-state index contributed by atoms with van der Waals surface area (Å²) in [6.45, 7) is 0.339. The molecule has 5 atom stereocenters. The smallest absolute Gasteiger partial charge is 0.463 e. The van der Waals surface area contributed by atoms with E-state index in [-0.39, 0.29) is 12.8 Å². The highest BCUT2D eigenvalue weighted by molar-refractivity contribution is 7.47. The van der Waals surface area contributed by atoms with Gasteiger partial charge < -0.3 is 34.6 Å². The number of phosphoric acid groups is 2. The number of esters is 2. The van der Waals surface area contributed by atoms with Crippen molar-refractivity contribution in [2.24, 2.45) is 0 Å². The molecule has 0 rings (SSSR count). The summed E-state index contributed by atoms with van der Waals surface area (Å²) in [6.07, 6.45) is 22.3. The van der Waals surface area contributed by atoms with Gasteiger partial charge in [0.2, 0.25) is 0 Å². The van der Waals surface area contributed by atoms with Crippen molar-refractivity contribution in [3.8, 4) is 0 Å². The van der Waals surface area contributed by atoms with Gasteiger partial charge in [0.25, 0.3) is 0 Å². The molecular formula is C37H72O15P2. The lowest BCUT2D eigenvalue weighted by Gasteiger charge is -2.19. The van der Waals surface area contributed by atoms with E-state index in [2.05, 4.69) is 44.1 Å². The van der Waals surface area contributed by atoms with E-state index < -0.39 is 85.5 Å². The average molecular weight is 819 g/mol. The SMILES string of the molecule is CCCC/C=C\CCCCCCCC(=O)OCC(O)COP(=O)(O)OCC(O)COP(=O)(O)OCC(O)COC(=O)CCCCCCCCCCCCC. The fourth-order valence-electron chi connectivity index (χ4n) is 5.02. The summed E-state index contributed by atoms with van der Waals surface area (Å²) in [5, 5.41) is 29.8. The minimum Gasteiger partial charge on any atom is -0.463 e. The predicted molar refractivity (Wildman–Crippen MR) is 205 cm³/mol. The van der Waals surface area contributed by atoms with Gasteiger partial charge in [0, 0.05) is 12.8 Å². The Bertz CT molecular complexity index is 1040. The van der Waals surface area contributed by atoms with Crippen LogP contribution in [0.1, 0.15) is 155 Å². The number of carbonyl (C=O) groups is 2. The summed E-state index contributed by atoms with van der Waals surface area (Å²) in [5.74, 6) is -1.00. The first-order valence-electron chi connectivity index (χ1n) is 20.0. The molecule has 0 spiro atoms. The number of hydrogen-bond donors (Lipinski definition) is 5. The van der Waals surface area contributed by atoms with Gasteiger partial charge >= 0.3 is 27.6 Å². The van der Waals surface area contributed by atoms with Crippen molar-refractivity contribution in [1.29, 1.82) is 0 Å². The van der Waals surface area contributed by atoms with Crippen LogP contribution in [0.4, 0.5) is 0 Å². The lowest BCUT2D eigenvalue weighted by Crippen LogP contribution is -2.25. The van der Waals surface area contributed by atoms with Gasteiger partial charge in [-0.15, -0.1) is 0 Å². The van der Waals surface area contributed by atoms with Crippen molar-refractivity contribution < 1.29 is 71.4 Å². The normalized spacial score (nSPS) is 15.8. The van der Waals surface area contributed by atoms with Gasteiger partial charge in [-0.05, 0) is 32.1 Å². The summed E-state index contributed by atoms with van der Waals surface area (Å²) in [5.41, 5.74) is 0. The quantitative estimate of drug-likeness (QED) is 0.0174. The molecule has 0 aromatic carbocycles. The van der Waals surface area contributed by atoms with Gasteiger partial charge in [0.15, 0.2) is 0 Å². The molecular weight excluding hydrogens is 746 g/mol. The molecule has 0 aromatic rings. The highest BCUT2D eigenvalue weighted by atomic mass is 31.2. The van der Waals surface area contributed by atoms with Crippen LogP contribution in [0.2, 0.25) is 0 Å². The summed E-state index contributed by atoms with van der Waals surface area (Å²) in [7, 11) is -9.54. The van der Waals surface area contributed by atoms with Gasteiger partial charge in [0.05, 0.1) is 26.4 Å². The molecule has 0 aromatic heterocycles. The van der Waals surface area contributed by atoms with E-state index in [9.17, 15) is 43.8 Å². The molecule has 0 saturated carbocycles. The number of aliphatic hydroxyl groups is 3. The highest BCUT2D eigenvalue weighted by Gasteiger charge is 2.28. The minimum atomic E-state index is -4.77. The standard InChI is InChI=1S/C37H72O15P2/c1-3-5-7-9-11-13-15-17-19-21-23-25-36(41)47-27-33(38)29-49-53(43,44)51-31-35(40)32-52-54(45,46)50-30-34(39)28-48-37(42)26-24-22-20-18-16-14-12-10-8-6-4-2/h9,11,33-35,38-40H,3-8,10,12-32H2,1-2H3,(H,43,44)(H,45,46)/b11-9-. The molecule has 0 fully saturated rings. The van der Waals surface area contributed by atoms with E-state index in [0.29, 0.717) is 12.8 Å². The van der Waals surface area contributed by atoms with Crippen LogP contribution >= 0.6 is 15.6 Å². The maximum atomic E-state index is 12.1. The fraction of sp³-hybridized carbons (Fsp3) is 0.892. The summed E-state index contributed by atoms with van der Waals surface area (Å²) in [6, 6.07) is 0. The van der Waals surface area contributed by atoms with Crippen LogP contribution in [0.25, 0.3) is 0 Å². The van der Waals surface area contributed by atoms with Crippen molar-refractivity contribution in [1.82, 2.24) is 0 Å². The third kappa shape index (κ3) is 36.4. The monoisotopic (exact) mass is 818 g/mol. The average Bonchev–Trinajstić information content (AvgIpc) is 3.14. The number of rotatable bonds is 39. The number of carbonyl (C=O) groups excluding carboxylic acids is 2. The second kappa shape index (κ2) is 35.0. The first kappa shape index (κ1) is 52.8. The number of unbranched alkanes of at least 4 members (excludes halogenated alkanes) is 17. The number of phosphoric ester groups is 2. The van der Waals surface area contributed by atoms with E-state index in [4.69, 9.17) is 9.47 Å². The third-order valence-electron chi connectivity index (χ3n) is 8.22. The number of hydrogen-bond acceptors (Lipinski definition) is 13. The largest absolute Gasteiger partial charge is 0.472 e. The fourth-order valence-corrected chi connectivity index (χ4v) is 6.61. The molecule has 0 aliphatic rings. The first-order chi connectivity index (χ1) is 25.8. The van der Waals surface area contributed by atoms with E-state index in [0.717, 1.165) is 57.8 Å². The second-order valence-corrected chi connectivity index (χ2v) is 16.6. The molecule has 0 radical (unpaired) electrons. The minimum absolute atomic E-state index is 0.188. The Hall–Kier alpha value is -1.22. The molecule has 0 heterocycles. The maximum Gasteiger partial charge on any atom is 0.472 e. The summed E-state index contributed by atoms with van der Waals surface area (Å²) in [4.78, 5) is 43.4. The zero-order valence-corrected chi connectivity index (χ0v) is 34.7. The maximum absolute atomic E-state index is 12.1. The Morgan fingerprint density at radius 1 is 0.463 bits per heavy atom. The number of aliphatic hydroxyl groups excluding tert-OH is 3. The molecule has 0 aliphatic carbocycles. The van der Waals surface area contributed by atoms with Crippen LogP contribution in [0.5, 0.6) is 0 Å². The third-order valence-corrected chi connectivity index (χ3v) is 10.1. The van der Waals surface area contributed by atoms with E-state index in [1.165, 1.54) is 57.8 Å². The Morgan fingerprint density at radius 3 is 1.13 bits per heavy atom. The van der Waals surface area contributed by atoms with Gasteiger partial charge in [-0.1, -0.05) is 122 Å². The molecule has 320 valence electrons. The Morgan fingerprint density at radius 2 is 0.759 bits per heavy atom. The van der Waals surface area contributed by atoms with Gasteiger partial charge in [-0.2, -0.15) is 0 Å². The van der Waals surface area contributed by atoms with E-state index in [1.54, 1.807) is 0 Å². The summed E-state index contributed by atoms with van der Waals surface area (Å²) < 4.78 is 52.7. The van der Waals surface area contributed by atoms with E-state index >= 15 is 0 Å². The topological polar surface area (TPSA) is 225 Å². The van der Waals surface area contributed by atoms with E-state index in [1.807, 2.05) is 0 Å². The second-order valence-electron chi connectivity index (χ2n) is 13.7. The van der Waals surface area contributed by atoms with Crippen molar-refractivity contribution >= 4 is 27.6 Å².